The summed E-state index contributed by atoms with van der Waals surface area (Å²) in [5, 5.41) is 23.0. The van der Waals surface area contributed by atoms with E-state index in [1.54, 1.807) is 19.1 Å². The largest absolute Gasteiger partial charge is 0.481 e. The van der Waals surface area contributed by atoms with Crippen LogP contribution in [0, 0.1) is 36.4 Å². The number of hydrogen-bond donors (Lipinski definition) is 3. The average Bonchev–Trinajstić information content (AvgIpc) is 3.34. The van der Waals surface area contributed by atoms with Crippen LogP contribution in [0.5, 0.6) is 0 Å². The molecule has 0 spiro atoms. The van der Waals surface area contributed by atoms with E-state index in [1.807, 2.05) is 11.6 Å². The molecule has 0 saturated heterocycles. The number of rotatable bonds is 7. The minimum atomic E-state index is -4.80. The maximum atomic E-state index is 14.6. The van der Waals surface area contributed by atoms with Crippen LogP contribution in [0.3, 0.4) is 0 Å². The number of aromatic nitrogens is 2. The van der Waals surface area contributed by atoms with Crippen LogP contribution in [0.2, 0.25) is 0 Å². The van der Waals surface area contributed by atoms with Crippen molar-refractivity contribution in [2.24, 2.45) is 18.9 Å². The molecule has 10 nitrogen and oxygen atoms in total. The number of anilines is 2. The Kier molecular flexibility index (Phi) is 9.99. The molecule has 1 amide bonds. The Hall–Kier alpha value is -4.94. The van der Waals surface area contributed by atoms with Gasteiger partial charge in [-0.15, -0.1) is 0 Å². The van der Waals surface area contributed by atoms with Crippen molar-refractivity contribution in [3.05, 3.63) is 82.9 Å². The first-order valence-electron chi connectivity index (χ1n) is 15.9. The third kappa shape index (κ3) is 7.72. The third-order valence-electron chi connectivity index (χ3n) is 9.10. The second kappa shape index (κ2) is 13.6. The molecule has 51 heavy (non-hydrogen) atoms. The lowest BCUT2D eigenvalue weighted by Gasteiger charge is -2.35. The number of fused-ring (bicyclic) bond motifs is 1. The predicted octanol–water partition coefficient (Wildman–Crippen LogP) is 6.21. The number of aliphatic hydroxyl groups is 1. The van der Waals surface area contributed by atoms with Gasteiger partial charge in [0.2, 0.25) is 5.91 Å². The minimum Gasteiger partial charge on any atom is -0.481 e. The number of carbonyl (C=O) groups is 2. The number of imidazole rings is 1. The van der Waals surface area contributed by atoms with Crippen LogP contribution in [0.15, 0.2) is 59.5 Å². The maximum Gasteiger partial charge on any atom is 0.416 e. The highest BCUT2D eigenvalue weighted by Crippen LogP contribution is 2.43. The highest BCUT2D eigenvalue weighted by atomic mass is 32.2. The fourth-order valence-electron chi connectivity index (χ4n) is 6.36. The van der Waals surface area contributed by atoms with Crippen molar-refractivity contribution < 1.29 is 45.8 Å². The molecule has 1 fully saturated rings. The fraction of sp³-hybridized carbons (Fsp3) is 0.361. The molecule has 15 heteroatoms. The standard InChI is InChI=1S/C36H36F4N4O6S/c1-20-41-29-19-24(11-14-31(29)43(20)4)51(49,50)44(5)30-13-9-21(17-22(30)15-16-35(2,3)48)25-7-6-8-26(32(25)34(46)47)33(45)42-28-12-10-23(18-27(28)37)36(38,39)40/h9-14,17-19,25-26,32,48H,6-8H2,1-5H3,(H,42,45)(H,46,47)/t25-,26-,32-/m1/s1. The van der Waals surface area contributed by atoms with Crippen LogP contribution < -0.4 is 9.62 Å². The summed E-state index contributed by atoms with van der Waals surface area (Å²) in [4.78, 5) is 30.5. The fourth-order valence-corrected chi connectivity index (χ4v) is 7.59. The lowest BCUT2D eigenvalue weighted by molar-refractivity contribution is -0.148. The summed E-state index contributed by atoms with van der Waals surface area (Å²) >= 11 is 0. The molecule has 3 N–H and O–H groups in total. The Morgan fingerprint density at radius 2 is 1.76 bits per heavy atom. The second-order valence-corrected chi connectivity index (χ2v) is 15.1. The zero-order valence-corrected chi connectivity index (χ0v) is 29.2. The van der Waals surface area contributed by atoms with E-state index in [1.165, 1.54) is 45.2 Å². The van der Waals surface area contributed by atoms with Gasteiger partial charge in [-0.2, -0.15) is 13.2 Å². The molecule has 3 atom stereocenters. The van der Waals surface area contributed by atoms with E-state index in [4.69, 9.17) is 0 Å². The van der Waals surface area contributed by atoms with Gasteiger partial charge in [0.1, 0.15) is 17.2 Å². The van der Waals surface area contributed by atoms with Crippen LogP contribution >= 0.6 is 0 Å². The first-order chi connectivity index (χ1) is 23.7. The quantitative estimate of drug-likeness (QED) is 0.152. The van der Waals surface area contributed by atoms with Gasteiger partial charge in [-0.25, -0.2) is 17.8 Å². The van der Waals surface area contributed by atoms with Crippen molar-refractivity contribution in [2.45, 2.75) is 62.6 Å². The number of hydrogen-bond acceptors (Lipinski definition) is 6. The van der Waals surface area contributed by atoms with Gasteiger partial charge in [0.25, 0.3) is 10.0 Å². The van der Waals surface area contributed by atoms with Crippen LogP contribution in [0.4, 0.5) is 28.9 Å². The highest BCUT2D eigenvalue weighted by molar-refractivity contribution is 7.92. The normalized spacial score (nSPS) is 18.2. The van der Waals surface area contributed by atoms with Gasteiger partial charge >= 0.3 is 12.1 Å². The number of halogens is 4. The van der Waals surface area contributed by atoms with Gasteiger partial charge in [-0.1, -0.05) is 24.3 Å². The number of sulfonamides is 1. The second-order valence-electron chi connectivity index (χ2n) is 13.1. The first-order valence-corrected chi connectivity index (χ1v) is 17.3. The maximum absolute atomic E-state index is 14.6. The Morgan fingerprint density at radius 3 is 2.39 bits per heavy atom. The number of benzene rings is 3. The number of aryl methyl sites for hydroxylation is 2. The van der Waals surface area contributed by atoms with Crippen molar-refractivity contribution in [3.8, 4) is 11.8 Å². The molecule has 270 valence electrons. The molecular weight excluding hydrogens is 692 g/mol. The topological polar surface area (TPSA) is 142 Å². The molecule has 1 heterocycles. The third-order valence-corrected chi connectivity index (χ3v) is 10.9. The average molecular weight is 729 g/mol. The summed E-state index contributed by atoms with van der Waals surface area (Å²) in [6.07, 6.45) is -3.97. The van der Waals surface area contributed by atoms with Gasteiger partial charge in [0.15, 0.2) is 0 Å². The zero-order chi connectivity index (χ0) is 37.6. The SMILES string of the molecule is Cc1nc2cc(S(=O)(=O)N(C)c3ccc([C@H]4CCC[C@@H](C(=O)Nc5ccc(C(F)(F)F)cc5F)[C@@H]4C(=O)O)cc3C#CC(C)(C)O)ccc2n1C. The number of carboxylic acids is 1. The number of alkyl halides is 3. The predicted molar refractivity (Wildman–Crippen MR) is 182 cm³/mol. The monoisotopic (exact) mass is 728 g/mol. The molecule has 0 unspecified atom stereocenters. The van der Waals surface area contributed by atoms with E-state index in [2.05, 4.69) is 22.1 Å². The van der Waals surface area contributed by atoms with Crippen LogP contribution in [-0.4, -0.2) is 52.7 Å². The first kappa shape index (κ1) is 37.3. The Morgan fingerprint density at radius 1 is 1.06 bits per heavy atom. The molecule has 0 radical (unpaired) electrons. The van der Waals surface area contributed by atoms with Gasteiger partial charge < -0.3 is 20.1 Å². The molecule has 4 aromatic rings. The highest BCUT2D eigenvalue weighted by Gasteiger charge is 2.43. The van der Waals surface area contributed by atoms with Crippen LogP contribution in [0.25, 0.3) is 11.0 Å². The number of nitrogens with one attached hydrogen (secondary N) is 1. The van der Waals surface area contributed by atoms with Gasteiger partial charge in [-0.05, 0) is 93.6 Å². The molecule has 1 aromatic heterocycles. The minimum absolute atomic E-state index is 0.0300. The molecule has 3 aromatic carbocycles. The summed E-state index contributed by atoms with van der Waals surface area (Å²) in [6.45, 7) is 4.68. The van der Waals surface area contributed by atoms with Crippen molar-refractivity contribution in [1.82, 2.24) is 9.55 Å². The van der Waals surface area contributed by atoms with Gasteiger partial charge in [-0.3, -0.25) is 13.9 Å². The Labute approximate surface area is 292 Å². The summed E-state index contributed by atoms with van der Waals surface area (Å²) < 4.78 is 84.3. The molecular formula is C36H36F4N4O6S. The summed E-state index contributed by atoms with van der Waals surface area (Å²) in [7, 11) is -1.02. The molecule has 5 rings (SSSR count). The van der Waals surface area contributed by atoms with Gasteiger partial charge in [0, 0.05) is 19.7 Å². The van der Waals surface area contributed by atoms with Crippen molar-refractivity contribution in [3.63, 3.8) is 0 Å². The lowest BCUT2D eigenvalue weighted by Crippen LogP contribution is -2.40. The molecule has 1 aliphatic carbocycles. The number of aliphatic carboxylic acids is 1. The van der Waals surface area contributed by atoms with Gasteiger partial charge in [0.05, 0.1) is 44.7 Å². The Balaban J connectivity index is 1.50. The lowest BCUT2D eigenvalue weighted by atomic mass is 9.68. The molecule has 1 saturated carbocycles. The molecule has 1 aliphatic rings. The smallest absolute Gasteiger partial charge is 0.416 e. The number of nitrogens with zero attached hydrogens (tertiary/aromatic N) is 3. The van der Waals surface area contributed by atoms with E-state index >= 15 is 0 Å². The molecule has 0 bridgehead atoms. The van der Waals surface area contributed by atoms with Crippen LogP contribution in [-0.2, 0) is 32.8 Å². The van der Waals surface area contributed by atoms with Crippen molar-refractivity contribution in [1.29, 1.82) is 0 Å². The number of carbonyl (C=O) groups excluding carboxylic acids is 1. The number of amides is 1. The molecule has 0 aliphatic heterocycles. The zero-order valence-electron chi connectivity index (χ0n) is 28.3. The van der Waals surface area contributed by atoms with Crippen molar-refractivity contribution >= 4 is 44.3 Å². The van der Waals surface area contributed by atoms with E-state index in [-0.39, 0.29) is 28.6 Å². The van der Waals surface area contributed by atoms with Crippen LogP contribution in [0.1, 0.15) is 61.5 Å². The van der Waals surface area contributed by atoms with E-state index in [0.29, 0.717) is 35.8 Å². The van der Waals surface area contributed by atoms with E-state index < -0.39 is 68.5 Å². The number of carboxylic acid groups (broad SMARTS) is 1. The summed E-state index contributed by atoms with van der Waals surface area (Å²) in [5.41, 5.74) is -1.27. The Bertz CT molecular complexity index is 2200. The summed E-state index contributed by atoms with van der Waals surface area (Å²) in [6, 6.07) is 10.8. The van der Waals surface area contributed by atoms with Crippen molar-refractivity contribution in [2.75, 3.05) is 16.7 Å². The van der Waals surface area contributed by atoms with E-state index in [9.17, 15) is 45.8 Å². The summed E-state index contributed by atoms with van der Waals surface area (Å²) in [5.74, 6) is -0.577. The van der Waals surface area contributed by atoms with E-state index in [0.717, 1.165) is 15.9 Å².